The third-order valence-corrected chi connectivity index (χ3v) is 5.34. The minimum Gasteiger partial charge on any atom is -0.338 e. The lowest BCUT2D eigenvalue weighted by Gasteiger charge is -2.36. The third-order valence-electron chi connectivity index (χ3n) is 5.34. The second-order valence-corrected chi connectivity index (χ2v) is 8.03. The molecule has 1 aromatic heterocycles. The molecule has 142 valence electrons. The second-order valence-electron chi connectivity index (χ2n) is 8.03. The Hall–Kier alpha value is -1.72. The van der Waals surface area contributed by atoms with E-state index < -0.39 is 0 Å². The molecule has 1 saturated heterocycles. The van der Waals surface area contributed by atoms with Crippen LogP contribution in [0.15, 0.2) is 28.8 Å². The smallest absolute Gasteiger partial charge is 0.243 e. The summed E-state index contributed by atoms with van der Waals surface area (Å²) in [6, 6.07) is 9.26. The molecule has 1 aliphatic heterocycles. The minimum atomic E-state index is 0.183. The molecular weight excluding hydrogens is 324 g/mol. The molecule has 3 rings (SSSR count). The molecule has 1 aliphatic rings. The maximum atomic E-state index is 5.48. The predicted molar refractivity (Wildman–Crippen MR) is 104 cm³/mol. The fourth-order valence-corrected chi connectivity index (χ4v) is 3.38. The summed E-state index contributed by atoms with van der Waals surface area (Å²) in [6.45, 7) is 16.1. The average molecular weight is 357 g/mol. The molecule has 0 aliphatic carbocycles. The molecule has 0 amide bonds. The summed E-state index contributed by atoms with van der Waals surface area (Å²) in [5.41, 5.74) is 2.81. The topological polar surface area (TPSA) is 45.4 Å². The highest BCUT2D eigenvalue weighted by Crippen LogP contribution is 2.23. The van der Waals surface area contributed by atoms with Crippen LogP contribution in [0.3, 0.4) is 0 Å². The molecule has 1 atom stereocenters. The van der Waals surface area contributed by atoms with Crippen LogP contribution in [0, 0.1) is 0 Å². The SMILES string of the molecule is CC(C)c1ccc(CN2CCN(C(C)c3nc(C(C)C)no3)CC2)cc1. The van der Waals surface area contributed by atoms with Crippen LogP contribution in [0.25, 0.3) is 0 Å². The fourth-order valence-electron chi connectivity index (χ4n) is 3.38. The van der Waals surface area contributed by atoms with Gasteiger partial charge < -0.3 is 4.52 Å². The standard InChI is InChI=1S/C21H32N4O/c1-15(2)19-8-6-18(7-9-19)14-24-10-12-25(13-11-24)17(5)21-22-20(16(3)4)23-26-21/h6-9,15-17H,10-14H2,1-5H3. The summed E-state index contributed by atoms with van der Waals surface area (Å²) in [5.74, 6) is 2.44. The van der Waals surface area contributed by atoms with E-state index in [9.17, 15) is 0 Å². The molecule has 5 heteroatoms. The molecule has 5 nitrogen and oxygen atoms in total. The molecular formula is C21H32N4O. The van der Waals surface area contributed by atoms with Crippen molar-refractivity contribution in [2.75, 3.05) is 26.2 Å². The van der Waals surface area contributed by atoms with Crippen molar-refractivity contribution in [1.29, 1.82) is 0 Å². The van der Waals surface area contributed by atoms with Crippen molar-refractivity contribution in [2.45, 2.75) is 59.0 Å². The van der Waals surface area contributed by atoms with Crippen molar-refractivity contribution in [3.8, 4) is 0 Å². The van der Waals surface area contributed by atoms with Gasteiger partial charge in [0.15, 0.2) is 5.82 Å². The maximum absolute atomic E-state index is 5.48. The van der Waals surface area contributed by atoms with E-state index >= 15 is 0 Å². The first-order valence-corrected chi connectivity index (χ1v) is 9.82. The highest BCUT2D eigenvalue weighted by Gasteiger charge is 2.26. The summed E-state index contributed by atoms with van der Waals surface area (Å²) >= 11 is 0. The van der Waals surface area contributed by atoms with Crippen molar-refractivity contribution in [3.05, 3.63) is 47.1 Å². The van der Waals surface area contributed by atoms with Gasteiger partial charge in [-0.1, -0.05) is 57.1 Å². The van der Waals surface area contributed by atoms with Crippen LogP contribution in [-0.4, -0.2) is 46.1 Å². The van der Waals surface area contributed by atoms with E-state index in [1.807, 2.05) is 0 Å². The summed E-state index contributed by atoms with van der Waals surface area (Å²) in [7, 11) is 0. The zero-order valence-corrected chi connectivity index (χ0v) is 16.8. The van der Waals surface area contributed by atoms with Gasteiger partial charge in [-0.3, -0.25) is 9.80 Å². The van der Waals surface area contributed by atoms with Gasteiger partial charge in [0.2, 0.25) is 5.89 Å². The van der Waals surface area contributed by atoms with Crippen molar-refractivity contribution in [1.82, 2.24) is 19.9 Å². The highest BCUT2D eigenvalue weighted by atomic mass is 16.5. The van der Waals surface area contributed by atoms with Gasteiger partial charge in [-0.05, 0) is 24.0 Å². The fraction of sp³-hybridized carbons (Fsp3) is 0.619. The van der Waals surface area contributed by atoms with Gasteiger partial charge in [-0.15, -0.1) is 0 Å². The number of benzene rings is 1. The molecule has 1 fully saturated rings. The largest absolute Gasteiger partial charge is 0.338 e. The van der Waals surface area contributed by atoms with Gasteiger partial charge in [-0.2, -0.15) is 4.98 Å². The Morgan fingerprint density at radius 3 is 2.12 bits per heavy atom. The number of hydrogen-bond donors (Lipinski definition) is 0. The van der Waals surface area contributed by atoms with Crippen molar-refractivity contribution < 1.29 is 4.52 Å². The molecule has 1 aromatic carbocycles. The van der Waals surface area contributed by atoms with Crippen LogP contribution in [0.5, 0.6) is 0 Å². The lowest BCUT2D eigenvalue weighted by molar-refractivity contribution is 0.0845. The van der Waals surface area contributed by atoms with Crippen LogP contribution < -0.4 is 0 Å². The van der Waals surface area contributed by atoms with Gasteiger partial charge in [0.05, 0.1) is 6.04 Å². The normalized spacial score (nSPS) is 18.0. The Kier molecular flexibility index (Phi) is 6.09. The van der Waals surface area contributed by atoms with Gasteiger partial charge in [-0.25, -0.2) is 0 Å². The van der Waals surface area contributed by atoms with Gasteiger partial charge in [0, 0.05) is 38.6 Å². The lowest BCUT2D eigenvalue weighted by atomic mass is 10.0. The predicted octanol–water partition coefficient (Wildman–Crippen LogP) is 4.20. The Morgan fingerprint density at radius 2 is 1.58 bits per heavy atom. The Morgan fingerprint density at radius 1 is 0.923 bits per heavy atom. The Labute approximate surface area is 157 Å². The van der Waals surface area contributed by atoms with Crippen molar-refractivity contribution in [2.24, 2.45) is 0 Å². The molecule has 0 spiro atoms. The quantitative estimate of drug-likeness (QED) is 0.776. The van der Waals surface area contributed by atoms with E-state index in [2.05, 4.69) is 78.8 Å². The van der Waals surface area contributed by atoms with Crippen LogP contribution in [0.2, 0.25) is 0 Å². The van der Waals surface area contributed by atoms with Gasteiger partial charge >= 0.3 is 0 Å². The van der Waals surface area contributed by atoms with E-state index in [1.54, 1.807) is 0 Å². The number of rotatable bonds is 6. The Bertz CT molecular complexity index is 684. The van der Waals surface area contributed by atoms with Crippen LogP contribution in [-0.2, 0) is 6.54 Å². The third kappa shape index (κ3) is 4.51. The summed E-state index contributed by atoms with van der Waals surface area (Å²) in [4.78, 5) is 9.53. The molecule has 2 heterocycles. The summed E-state index contributed by atoms with van der Waals surface area (Å²) in [6.07, 6.45) is 0. The second kappa shape index (κ2) is 8.31. The first-order chi connectivity index (χ1) is 12.4. The molecule has 0 radical (unpaired) electrons. The van der Waals surface area contributed by atoms with Crippen molar-refractivity contribution in [3.63, 3.8) is 0 Å². The summed E-state index contributed by atoms with van der Waals surface area (Å²) in [5, 5.41) is 4.10. The molecule has 1 unspecified atom stereocenters. The number of piperazine rings is 1. The first kappa shape index (κ1) is 19.1. The van der Waals surface area contributed by atoms with E-state index in [-0.39, 0.29) is 6.04 Å². The van der Waals surface area contributed by atoms with Gasteiger partial charge in [0.1, 0.15) is 0 Å². The Balaban J connectivity index is 1.51. The summed E-state index contributed by atoms with van der Waals surface area (Å²) < 4.78 is 5.48. The monoisotopic (exact) mass is 356 g/mol. The lowest BCUT2D eigenvalue weighted by Crippen LogP contribution is -2.46. The maximum Gasteiger partial charge on any atom is 0.243 e. The number of nitrogens with zero attached hydrogens (tertiary/aromatic N) is 4. The molecule has 0 bridgehead atoms. The molecule has 0 saturated carbocycles. The first-order valence-electron chi connectivity index (χ1n) is 9.82. The zero-order chi connectivity index (χ0) is 18.7. The minimum absolute atomic E-state index is 0.183. The van der Waals surface area contributed by atoms with E-state index in [0.717, 1.165) is 44.4 Å². The average Bonchev–Trinajstić information content (AvgIpc) is 3.13. The van der Waals surface area contributed by atoms with E-state index in [0.29, 0.717) is 11.8 Å². The van der Waals surface area contributed by atoms with Crippen LogP contribution >= 0.6 is 0 Å². The van der Waals surface area contributed by atoms with Gasteiger partial charge in [0.25, 0.3) is 0 Å². The highest BCUT2D eigenvalue weighted by molar-refractivity contribution is 5.24. The van der Waals surface area contributed by atoms with Crippen molar-refractivity contribution >= 4 is 0 Å². The van der Waals surface area contributed by atoms with Crippen LogP contribution in [0.4, 0.5) is 0 Å². The molecule has 26 heavy (non-hydrogen) atoms. The molecule has 2 aromatic rings. The number of hydrogen-bond acceptors (Lipinski definition) is 5. The van der Waals surface area contributed by atoms with Crippen LogP contribution in [0.1, 0.15) is 75.3 Å². The zero-order valence-electron chi connectivity index (χ0n) is 16.8. The van der Waals surface area contributed by atoms with E-state index in [4.69, 9.17) is 4.52 Å². The number of aromatic nitrogens is 2. The van der Waals surface area contributed by atoms with E-state index in [1.165, 1.54) is 11.1 Å². The molecule has 0 N–H and O–H groups in total.